The van der Waals surface area contributed by atoms with Crippen LogP contribution >= 0.6 is 0 Å². The van der Waals surface area contributed by atoms with Gasteiger partial charge in [0.05, 0.1) is 7.11 Å². The Hall–Kier alpha value is -1.06. The number of ether oxygens (including phenoxy) is 1. The third-order valence-corrected chi connectivity index (χ3v) is 2.77. The van der Waals surface area contributed by atoms with E-state index < -0.39 is 0 Å². The Morgan fingerprint density at radius 3 is 2.56 bits per heavy atom. The van der Waals surface area contributed by atoms with Gasteiger partial charge in [0.1, 0.15) is 6.04 Å². The highest BCUT2D eigenvalue weighted by Gasteiger charge is 2.37. The van der Waals surface area contributed by atoms with Gasteiger partial charge in [0, 0.05) is 13.0 Å². The lowest BCUT2D eigenvalue weighted by molar-refractivity contribution is -0.150. The minimum absolute atomic E-state index is 0. The normalized spacial score (nSPS) is 23.8. The molecule has 4 heteroatoms. The lowest BCUT2D eigenvalue weighted by Crippen LogP contribution is -2.40. The van der Waals surface area contributed by atoms with Crippen LogP contribution in [0.15, 0.2) is 0 Å². The second kappa shape index (κ2) is 6.51. The van der Waals surface area contributed by atoms with Gasteiger partial charge in [-0.2, -0.15) is 0 Å². The van der Waals surface area contributed by atoms with E-state index in [1.54, 1.807) is 4.90 Å². The van der Waals surface area contributed by atoms with E-state index in [1.165, 1.54) is 7.11 Å². The van der Waals surface area contributed by atoms with E-state index in [1.807, 2.05) is 6.92 Å². The van der Waals surface area contributed by atoms with E-state index >= 15 is 0 Å². The highest BCUT2D eigenvalue weighted by atomic mass is 16.5. The van der Waals surface area contributed by atoms with Crippen LogP contribution in [-0.4, -0.2) is 36.5 Å². The number of carbonyl (C=O) groups is 2. The summed E-state index contributed by atoms with van der Waals surface area (Å²) in [4.78, 5) is 24.9. The molecule has 2 atom stereocenters. The van der Waals surface area contributed by atoms with Crippen molar-refractivity contribution in [1.82, 2.24) is 4.90 Å². The summed E-state index contributed by atoms with van der Waals surface area (Å²) in [5.74, 6) is 0.163. The van der Waals surface area contributed by atoms with Crippen molar-refractivity contribution < 1.29 is 14.3 Å². The van der Waals surface area contributed by atoms with Crippen LogP contribution in [0, 0.1) is 5.92 Å². The number of rotatable bonds is 3. The molecule has 0 radical (unpaired) electrons. The van der Waals surface area contributed by atoms with Gasteiger partial charge >= 0.3 is 5.97 Å². The van der Waals surface area contributed by atoms with Gasteiger partial charge < -0.3 is 9.64 Å². The molecule has 0 aliphatic carbocycles. The fraction of sp³-hybridized carbons (Fsp3) is 0.833. The Balaban J connectivity index is 0.00000225. The molecule has 1 saturated heterocycles. The van der Waals surface area contributed by atoms with Gasteiger partial charge in [0.25, 0.3) is 0 Å². The van der Waals surface area contributed by atoms with Crippen LogP contribution < -0.4 is 0 Å². The number of esters is 1. The summed E-state index contributed by atoms with van der Waals surface area (Å²) in [6.07, 6.45) is 2.06. The molecule has 0 spiro atoms. The van der Waals surface area contributed by atoms with Crippen molar-refractivity contribution >= 4 is 11.9 Å². The molecule has 0 bridgehead atoms. The summed E-state index contributed by atoms with van der Waals surface area (Å²) in [5, 5.41) is 0. The zero-order valence-electron chi connectivity index (χ0n) is 9.66. The molecule has 2 unspecified atom stereocenters. The molecule has 1 aliphatic heterocycles. The number of likely N-dealkylation sites (tertiary alicyclic amines) is 1. The number of nitrogens with zero attached hydrogens (tertiary/aromatic N) is 1. The Bertz CT molecular complexity index is 253. The molecular weight excluding hydrogens is 206 g/mol. The second-order valence-corrected chi connectivity index (χ2v) is 4.18. The van der Waals surface area contributed by atoms with Crippen LogP contribution in [0.2, 0.25) is 0 Å². The van der Waals surface area contributed by atoms with E-state index in [0.29, 0.717) is 18.9 Å². The van der Waals surface area contributed by atoms with Crippen LogP contribution in [0.5, 0.6) is 0 Å². The first kappa shape index (κ1) is 14.9. The molecule has 1 fully saturated rings. The standard InChI is InChI=1S/C11H19NO3.CH4/c1-4-5-10(13)12-7-8(2)6-9(12)11(14)15-3;/h8-9H,4-7H2,1-3H3;1H4. The largest absolute Gasteiger partial charge is 0.467 e. The molecule has 1 rings (SSSR count). The lowest BCUT2D eigenvalue weighted by Gasteiger charge is -2.22. The maximum absolute atomic E-state index is 11.7. The van der Waals surface area contributed by atoms with Gasteiger partial charge in [0.15, 0.2) is 0 Å². The van der Waals surface area contributed by atoms with Crippen molar-refractivity contribution in [2.45, 2.75) is 46.6 Å². The number of amides is 1. The van der Waals surface area contributed by atoms with Crippen LogP contribution in [0.1, 0.15) is 40.5 Å². The smallest absolute Gasteiger partial charge is 0.328 e. The summed E-state index contributed by atoms with van der Waals surface area (Å²) >= 11 is 0. The molecule has 0 aromatic heterocycles. The van der Waals surface area contributed by atoms with Crippen molar-refractivity contribution in [3.8, 4) is 0 Å². The molecule has 0 N–H and O–H groups in total. The van der Waals surface area contributed by atoms with Gasteiger partial charge in [0.2, 0.25) is 5.91 Å². The third-order valence-electron chi connectivity index (χ3n) is 2.77. The number of carbonyl (C=O) groups excluding carboxylic acids is 2. The summed E-state index contributed by atoms with van der Waals surface area (Å²) < 4.78 is 4.71. The third kappa shape index (κ3) is 3.22. The predicted molar refractivity (Wildman–Crippen MR) is 62.9 cm³/mol. The fourth-order valence-corrected chi connectivity index (χ4v) is 2.04. The second-order valence-electron chi connectivity index (χ2n) is 4.18. The Morgan fingerprint density at radius 1 is 1.44 bits per heavy atom. The zero-order valence-corrected chi connectivity index (χ0v) is 9.66. The van der Waals surface area contributed by atoms with Crippen LogP contribution in [0.4, 0.5) is 0 Å². The summed E-state index contributed by atoms with van der Waals surface area (Å²) in [6.45, 7) is 4.69. The SMILES string of the molecule is C.CCCC(=O)N1CC(C)CC1C(=O)OC. The number of hydrogen-bond acceptors (Lipinski definition) is 3. The molecule has 0 saturated carbocycles. The summed E-state index contributed by atoms with van der Waals surface area (Å²) in [5.41, 5.74) is 0. The molecule has 1 aliphatic rings. The lowest BCUT2D eigenvalue weighted by atomic mass is 10.1. The van der Waals surface area contributed by atoms with Gasteiger partial charge in [-0.25, -0.2) is 4.79 Å². The van der Waals surface area contributed by atoms with Crippen molar-refractivity contribution in [3.05, 3.63) is 0 Å². The molecule has 1 amide bonds. The summed E-state index contributed by atoms with van der Waals surface area (Å²) in [7, 11) is 1.37. The van der Waals surface area contributed by atoms with Gasteiger partial charge in [-0.05, 0) is 18.8 Å². The molecule has 1 heterocycles. The van der Waals surface area contributed by atoms with E-state index in [4.69, 9.17) is 4.74 Å². The topological polar surface area (TPSA) is 46.6 Å². The predicted octanol–water partition coefficient (Wildman–Crippen LogP) is 1.83. The zero-order chi connectivity index (χ0) is 11.4. The van der Waals surface area contributed by atoms with Gasteiger partial charge in [-0.15, -0.1) is 0 Å². The first-order chi connectivity index (χ1) is 7.10. The molecule has 4 nitrogen and oxygen atoms in total. The maximum atomic E-state index is 11.7. The average Bonchev–Trinajstić information content (AvgIpc) is 2.59. The van der Waals surface area contributed by atoms with Crippen molar-refractivity contribution in [2.75, 3.05) is 13.7 Å². The quantitative estimate of drug-likeness (QED) is 0.694. The molecule has 0 aromatic rings. The molecular formula is C12H23NO3. The first-order valence-corrected chi connectivity index (χ1v) is 5.47. The first-order valence-electron chi connectivity index (χ1n) is 5.47. The minimum Gasteiger partial charge on any atom is -0.467 e. The van der Waals surface area contributed by atoms with Crippen molar-refractivity contribution in [3.63, 3.8) is 0 Å². The Labute approximate surface area is 98.0 Å². The highest BCUT2D eigenvalue weighted by Crippen LogP contribution is 2.24. The Morgan fingerprint density at radius 2 is 2.06 bits per heavy atom. The minimum atomic E-state index is -0.357. The Kier molecular flexibility index (Phi) is 6.08. The van der Waals surface area contributed by atoms with Gasteiger partial charge in [-0.3, -0.25) is 4.79 Å². The van der Waals surface area contributed by atoms with E-state index in [-0.39, 0.29) is 25.3 Å². The fourth-order valence-electron chi connectivity index (χ4n) is 2.04. The summed E-state index contributed by atoms with van der Waals surface area (Å²) in [6, 6.07) is -0.357. The van der Waals surface area contributed by atoms with Crippen LogP contribution in [0.3, 0.4) is 0 Å². The number of methoxy groups -OCH3 is 1. The molecule has 0 aromatic carbocycles. The van der Waals surface area contributed by atoms with Crippen molar-refractivity contribution in [1.29, 1.82) is 0 Å². The molecule has 94 valence electrons. The van der Waals surface area contributed by atoms with Gasteiger partial charge in [-0.1, -0.05) is 21.3 Å². The number of hydrogen-bond donors (Lipinski definition) is 0. The average molecular weight is 229 g/mol. The monoisotopic (exact) mass is 229 g/mol. The van der Waals surface area contributed by atoms with E-state index in [0.717, 1.165) is 12.8 Å². The van der Waals surface area contributed by atoms with Crippen molar-refractivity contribution in [2.24, 2.45) is 5.92 Å². The van der Waals surface area contributed by atoms with E-state index in [2.05, 4.69) is 6.92 Å². The van der Waals surface area contributed by atoms with Crippen LogP contribution in [-0.2, 0) is 14.3 Å². The maximum Gasteiger partial charge on any atom is 0.328 e. The highest BCUT2D eigenvalue weighted by molar-refractivity contribution is 5.85. The van der Waals surface area contributed by atoms with E-state index in [9.17, 15) is 9.59 Å². The van der Waals surface area contributed by atoms with Crippen LogP contribution in [0.25, 0.3) is 0 Å². The molecule has 16 heavy (non-hydrogen) atoms.